The topological polar surface area (TPSA) is 71.3 Å². The van der Waals surface area contributed by atoms with E-state index in [-0.39, 0.29) is 30.2 Å². The van der Waals surface area contributed by atoms with Gasteiger partial charge in [-0.05, 0) is 29.7 Å². The highest BCUT2D eigenvalue weighted by molar-refractivity contribution is 5.82. The van der Waals surface area contributed by atoms with Crippen LogP contribution in [0.2, 0.25) is 0 Å². The molecule has 0 radical (unpaired) electrons. The van der Waals surface area contributed by atoms with Crippen molar-refractivity contribution in [3.05, 3.63) is 71.1 Å². The molecule has 30 heavy (non-hydrogen) atoms. The molecule has 0 saturated carbocycles. The van der Waals surface area contributed by atoms with Gasteiger partial charge in [0.2, 0.25) is 17.6 Å². The first-order valence-corrected chi connectivity index (χ1v) is 9.38. The van der Waals surface area contributed by atoms with Crippen molar-refractivity contribution in [1.29, 1.82) is 0 Å². The Hall–Kier alpha value is -3.20. The summed E-state index contributed by atoms with van der Waals surface area (Å²) in [6.07, 6.45) is -3.84. The number of alkyl halides is 3. The quantitative estimate of drug-likeness (QED) is 0.706. The lowest BCUT2D eigenvalue weighted by Gasteiger charge is -2.34. The molecule has 0 bridgehead atoms. The van der Waals surface area contributed by atoms with Crippen molar-refractivity contribution in [2.24, 2.45) is 0 Å². The van der Waals surface area contributed by atoms with E-state index in [1.807, 2.05) is 29.2 Å². The standard InChI is InChI=1S/C21H19F3N4O2/c1-25-20(29)17-10-14-4-2-3-5-15(14)11-28(17)12-18-26-19(27-30-18)13-6-8-16(9-7-13)21(22,23)24/h2-9,17H,10-12H2,1H3,(H,25,29). The number of nitrogens with zero attached hydrogens (tertiary/aromatic N) is 3. The molecule has 1 aromatic heterocycles. The molecule has 2 heterocycles. The molecule has 156 valence electrons. The monoisotopic (exact) mass is 416 g/mol. The Kier molecular flexibility index (Phi) is 5.29. The number of hydrogen-bond acceptors (Lipinski definition) is 5. The lowest BCUT2D eigenvalue weighted by Crippen LogP contribution is -2.49. The molecular weight excluding hydrogens is 397 g/mol. The highest BCUT2D eigenvalue weighted by Gasteiger charge is 2.32. The Morgan fingerprint density at radius 1 is 1.17 bits per heavy atom. The normalized spacial score (nSPS) is 16.9. The van der Waals surface area contributed by atoms with Gasteiger partial charge in [-0.15, -0.1) is 0 Å². The Morgan fingerprint density at radius 2 is 1.87 bits per heavy atom. The second-order valence-corrected chi connectivity index (χ2v) is 7.09. The van der Waals surface area contributed by atoms with Crippen molar-refractivity contribution in [1.82, 2.24) is 20.4 Å². The summed E-state index contributed by atoms with van der Waals surface area (Å²) < 4.78 is 43.5. The molecule has 1 atom stereocenters. The smallest absolute Gasteiger partial charge is 0.358 e. The van der Waals surface area contributed by atoms with Crippen LogP contribution in [0.25, 0.3) is 11.4 Å². The van der Waals surface area contributed by atoms with Crippen LogP contribution in [0.5, 0.6) is 0 Å². The highest BCUT2D eigenvalue weighted by Crippen LogP contribution is 2.31. The molecule has 0 fully saturated rings. The SMILES string of the molecule is CNC(=O)C1Cc2ccccc2CN1Cc1nc(-c2ccc(C(F)(F)F)cc2)no1. The fourth-order valence-corrected chi connectivity index (χ4v) is 3.59. The molecule has 9 heteroatoms. The number of likely N-dealkylation sites (N-methyl/N-ethyl adjacent to an activating group) is 1. The summed E-state index contributed by atoms with van der Waals surface area (Å²) in [4.78, 5) is 18.7. The molecule has 0 saturated heterocycles. The minimum absolute atomic E-state index is 0.105. The molecule has 1 aliphatic heterocycles. The number of hydrogen-bond donors (Lipinski definition) is 1. The van der Waals surface area contributed by atoms with Crippen molar-refractivity contribution in [3.8, 4) is 11.4 Å². The maximum Gasteiger partial charge on any atom is 0.416 e. The molecule has 0 spiro atoms. The van der Waals surface area contributed by atoms with E-state index in [1.54, 1.807) is 7.05 Å². The molecule has 2 aromatic carbocycles. The first-order valence-electron chi connectivity index (χ1n) is 9.38. The summed E-state index contributed by atoms with van der Waals surface area (Å²) in [5, 5.41) is 6.57. The van der Waals surface area contributed by atoms with Crippen LogP contribution < -0.4 is 5.32 Å². The molecule has 1 aliphatic rings. The second kappa shape index (κ2) is 7.91. The van der Waals surface area contributed by atoms with Crippen molar-refractivity contribution in [2.45, 2.75) is 31.7 Å². The number of benzene rings is 2. The third-order valence-corrected chi connectivity index (χ3v) is 5.17. The van der Waals surface area contributed by atoms with E-state index in [9.17, 15) is 18.0 Å². The van der Waals surface area contributed by atoms with E-state index >= 15 is 0 Å². The lowest BCUT2D eigenvalue weighted by atomic mass is 9.93. The third-order valence-electron chi connectivity index (χ3n) is 5.17. The molecule has 1 amide bonds. The van der Waals surface area contributed by atoms with Crippen LogP contribution in [0.15, 0.2) is 53.1 Å². The van der Waals surface area contributed by atoms with Gasteiger partial charge in [-0.2, -0.15) is 18.2 Å². The highest BCUT2D eigenvalue weighted by atomic mass is 19.4. The molecule has 0 aliphatic carbocycles. The van der Waals surface area contributed by atoms with E-state index in [0.29, 0.717) is 18.5 Å². The first kappa shape index (κ1) is 20.1. The maximum atomic E-state index is 12.7. The van der Waals surface area contributed by atoms with Gasteiger partial charge in [0.05, 0.1) is 18.2 Å². The number of nitrogens with one attached hydrogen (secondary N) is 1. The van der Waals surface area contributed by atoms with E-state index in [2.05, 4.69) is 15.5 Å². The van der Waals surface area contributed by atoms with Crippen LogP contribution in [-0.2, 0) is 30.5 Å². The van der Waals surface area contributed by atoms with E-state index < -0.39 is 11.7 Å². The third kappa shape index (κ3) is 4.06. The minimum Gasteiger partial charge on any atom is -0.358 e. The van der Waals surface area contributed by atoms with Crippen molar-refractivity contribution in [3.63, 3.8) is 0 Å². The summed E-state index contributed by atoms with van der Waals surface area (Å²) in [7, 11) is 1.59. The zero-order valence-electron chi connectivity index (χ0n) is 16.1. The van der Waals surface area contributed by atoms with Gasteiger partial charge in [-0.3, -0.25) is 9.69 Å². The zero-order valence-corrected chi connectivity index (χ0v) is 16.1. The van der Waals surface area contributed by atoms with Gasteiger partial charge in [0, 0.05) is 19.2 Å². The molecule has 4 rings (SSSR count). The van der Waals surface area contributed by atoms with Crippen LogP contribution in [0.3, 0.4) is 0 Å². The van der Waals surface area contributed by atoms with Gasteiger partial charge < -0.3 is 9.84 Å². The van der Waals surface area contributed by atoms with Crippen LogP contribution in [0, 0.1) is 0 Å². The maximum absolute atomic E-state index is 12.7. The first-order chi connectivity index (χ1) is 14.3. The Bertz CT molecular complexity index is 1050. The number of halogens is 3. The summed E-state index contributed by atoms with van der Waals surface area (Å²) in [6, 6.07) is 12.1. The fourth-order valence-electron chi connectivity index (χ4n) is 3.59. The van der Waals surface area contributed by atoms with Gasteiger partial charge in [0.25, 0.3) is 0 Å². The van der Waals surface area contributed by atoms with Crippen LogP contribution in [0.4, 0.5) is 13.2 Å². The van der Waals surface area contributed by atoms with Crippen molar-refractivity contribution >= 4 is 5.91 Å². The Balaban J connectivity index is 1.54. The summed E-state index contributed by atoms with van der Waals surface area (Å²) in [5.74, 6) is 0.387. The number of aromatic nitrogens is 2. The Labute approximate surface area is 170 Å². The summed E-state index contributed by atoms with van der Waals surface area (Å²) in [5.41, 5.74) is 1.93. The number of amides is 1. The largest absolute Gasteiger partial charge is 0.416 e. The van der Waals surface area contributed by atoms with Crippen LogP contribution in [-0.4, -0.2) is 34.0 Å². The van der Waals surface area contributed by atoms with E-state index in [4.69, 9.17) is 4.52 Å². The molecule has 3 aromatic rings. The average Bonchev–Trinajstić information content (AvgIpc) is 3.20. The molecule has 1 N–H and O–H groups in total. The van der Waals surface area contributed by atoms with Gasteiger partial charge in [0.1, 0.15) is 0 Å². The minimum atomic E-state index is -4.40. The van der Waals surface area contributed by atoms with Crippen molar-refractivity contribution < 1.29 is 22.5 Å². The average molecular weight is 416 g/mol. The van der Waals surface area contributed by atoms with Gasteiger partial charge in [0.15, 0.2) is 0 Å². The van der Waals surface area contributed by atoms with Gasteiger partial charge in [-0.25, -0.2) is 0 Å². The van der Waals surface area contributed by atoms with Crippen LogP contribution in [0.1, 0.15) is 22.6 Å². The lowest BCUT2D eigenvalue weighted by molar-refractivity contribution is -0.137. The predicted octanol–water partition coefficient (Wildman–Crippen LogP) is 3.43. The number of rotatable bonds is 4. The Morgan fingerprint density at radius 3 is 2.53 bits per heavy atom. The van der Waals surface area contributed by atoms with Crippen molar-refractivity contribution in [2.75, 3.05) is 7.05 Å². The van der Waals surface area contributed by atoms with E-state index in [0.717, 1.165) is 23.3 Å². The van der Waals surface area contributed by atoms with E-state index in [1.165, 1.54) is 12.1 Å². The van der Waals surface area contributed by atoms with Gasteiger partial charge >= 0.3 is 6.18 Å². The summed E-state index contributed by atoms with van der Waals surface area (Å²) >= 11 is 0. The fraction of sp³-hybridized carbons (Fsp3) is 0.286. The zero-order chi connectivity index (χ0) is 21.3. The summed E-state index contributed by atoms with van der Waals surface area (Å²) in [6.45, 7) is 0.798. The number of carbonyl (C=O) groups is 1. The predicted molar refractivity (Wildman–Crippen MR) is 102 cm³/mol. The van der Waals surface area contributed by atoms with Gasteiger partial charge in [-0.1, -0.05) is 41.6 Å². The second-order valence-electron chi connectivity index (χ2n) is 7.09. The number of carbonyl (C=O) groups excluding carboxylic acids is 1. The molecule has 1 unspecified atom stereocenters. The molecule has 6 nitrogen and oxygen atoms in total. The molecular formula is C21H19F3N4O2. The van der Waals surface area contributed by atoms with Crippen LogP contribution >= 0.6 is 0 Å². The number of fused-ring (bicyclic) bond motifs is 1.